The first kappa shape index (κ1) is 23.8. The summed E-state index contributed by atoms with van der Waals surface area (Å²) in [6, 6.07) is 10.9. The van der Waals surface area contributed by atoms with Gasteiger partial charge in [-0.05, 0) is 67.5 Å². The van der Waals surface area contributed by atoms with E-state index in [-0.39, 0.29) is 17.5 Å². The van der Waals surface area contributed by atoms with E-state index in [0.717, 1.165) is 37.1 Å². The molecule has 1 N–H and O–H groups in total. The molecule has 0 aromatic heterocycles. The van der Waals surface area contributed by atoms with Crippen molar-refractivity contribution < 1.29 is 18.0 Å². The van der Waals surface area contributed by atoms with Crippen LogP contribution in [0.5, 0.6) is 0 Å². The van der Waals surface area contributed by atoms with Crippen molar-refractivity contribution in [1.82, 2.24) is 5.43 Å². The molecular formula is C25H30F3N3O. The van der Waals surface area contributed by atoms with Gasteiger partial charge in [0.25, 0.3) is 0 Å². The number of nitrogens with zero attached hydrogens (tertiary/aromatic N) is 2. The Morgan fingerprint density at radius 2 is 2.00 bits per heavy atom. The number of hydrazone groups is 1. The third-order valence-electron chi connectivity index (χ3n) is 5.88. The van der Waals surface area contributed by atoms with Crippen LogP contribution < -0.4 is 10.3 Å². The van der Waals surface area contributed by atoms with Crippen molar-refractivity contribution in [3.63, 3.8) is 0 Å². The minimum Gasteiger partial charge on any atom is -0.366 e. The molecule has 0 radical (unpaired) electrons. The SMILES string of the molecule is CCCN1c2ccc(/C=N/NC(=O)Cc3cccc(C(F)(F)F)c3)cc2C(C)CC1(C)C. The molecule has 0 saturated carbocycles. The highest BCUT2D eigenvalue weighted by Crippen LogP contribution is 2.43. The Morgan fingerprint density at radius 1 is 1.25 bits per heavy atom. The van der Waals surface area contributed by atoms with Crippen LogP contribution in [0.4, 0.5) is 18.9 Å². The van der Waals surface area contributed by atoms with Gasteiger partial charge in [0, 0.05) is 17.8 Å². The maximum absolute atomic E-state index is 12.8. The van der Waals surface area contributed by atoms with E-state index in [1.807, 2.05) is 6.07 Å². The van der Waals surface area contributed by atoms with Crippen molar-refractivity contribution in [2.75, 3.05) is 11.4 Å². The van der Waals surface area contributed by atoms with E-state index in [2.05, 4.69) is 55.3 Å². The number of hydrogen-bond acceptors (Lipinski definition) is 3. The number of carbonyl (C=O) groups excluding carboxylic acids is 1. The first-order chi connectivity index (χ1) is 15.0. The van der Waals surface area contributed by atoms with E-state index in [4.69, 9.17) is 0 Å². The zero-order valence-electron chi connectivity index (χ0n) is 19.0. The van der Waals surface area contributed by atoms with Crippen molar-refractivity contribution in [2.45, 2.75) is 64.6 Å². The number of alkyl halides is 3. The predicted octanol–water partition coefficient (Wildman–Crippen LogP) is 5.90. The topological polar surface area (TPSA) is 44.7 Å². The number of rotatable bonds is 6. The van der Waals surface area contributed by atoms with E-state index in [0.29, 0.717) is 5.92 Å². The third-order valence-corrected chi connectivity index (χ3v) is 5.88. The van der Waals surface area contributed by atoms with E-state index in [1.54, 1.807) is 6.21 Å². The van der Waals surface area contributed by atoms with Gasteiger partial charge in [0.15, 0.2) is 0 Å². The molecule has 2 aromatic carbocycles. The van der Waals surface area contributed by atoms with Crippen molar-refractivity contribution in [2.24, 2.45) is 5.10 Å². The molecule has 0 saturated heterocycles. The summed E-state index contributed by atoms with van der Waals surface area (Å²) in [5, 5.41) is 4.01. The van der Waals surface area contributed by atoms with Gasteiger partial charge in [0.1, 0.15) is 0 Å². The fourth-order valence-electron chi connectivity index (χ4n) is 4.50. The van der Waals surface area contributed by atoms with Crippen molar-refractivity contribution in [1.29, 1.82) is 0 Å². The highest BCUT2D eigenvalue weighted by molar-refractivity contribution is 5.84. The van der Waals surface area contributed by atoms with Crippen LogP contribution in [-0.2, 0) is 17.4 Å². The summed E-state index contributed by atoms with van der Waals surface area (Å²) in [6.45, 7) is 9.94. The Labute approximate surface area is 187 Å². The molecule has 1 unspecified atom stereocenters. The number of anilines is 1. The number of halogens is 3. The monoisotopic (exact) mass is 445 g/mol. The van der Waals surface area contributed by atoms with E-state index in [9.17, 15) is 18.0 Å². The summed E-state index contributed by atoms with van der Waals surface area (Å²) in [5.74, 6) is -0.0697. The molecule has 172 valence electrons. The van der Waals surface area contributed by atoms with Crippen LogP contribution in [0, 0.1) is 0 Å². The van der Waals surface area contributed by atoms with Gasteiger partial charge in [-0.2, -0.15) is 18.3 Å². The Hall–Kier alpha value is -2.83. The van der Waals surface area contributed by atoms with Crippen LogP contribution in [0.25, 0.3) is 0 Å². The second-order valence-electron chi connectivity index (χ2n) is 9.06. The first-order valence-corrected chi connectivity index (χ1v) is 10.9. The molecule has 32 heavy (non-hydrogen) atoms. The number of amides is 1. The molecule has 7 heteroatoms. The van der Waals surface area contributed by atoms with E-state index in [1.165, 1.54) is 23.4 Å². The quantitative estimate of drug-likeness (QED) is 0.444. The molecule has 1 atom stereocenters. The van der Waals surface area contributed by atoms with Crippen LogP contribution in [0.2, 0.25) is 0 Å². The largest absolute Gasteiger partial charge is 0.416 e. The lowest BCUT2D eigenvalue weighted by Gasteiger charge is -2.47. The molecule has 0 fully saturated rings. The summed E-state index contributed by atoms with van der Waals surface area (Å²) >= 11 is 0. The molecule has 1 aliphatic rings. The fourth-order valence-corrected chi connectivity index (χ4v) is 4.50. The molecule has 1 heterocycles. The van der Waals surface area contributed by atoms with Gasteiger partial charge in [-0.3, -0.25) is 4.79 Å². The lowest BCUT2D eigenvalue weighted by molar-refractivity contribution is -0.137. The Morgan fingerprint density at radius 3 is 2.69 bits per heavy atom. The molecule has 1 amide bonds. The molecule has 2 aromatic rings. The maximum atomic E-state index is 12.8. The molecule has 3 rings (SSSR count). The smallest absolute Gasteiger partial charge is 0.366 e. The third kappa shape index (κ3) is 5.50. The molecule has 4 nitrogen and oxygen atoms in total. The molecule has 0 aliphatic carbocycles. The highest BCUT2D eigenvalue weighted by atomic mass is 19.4. The number of fused-ring (bicyclic) bond motifs is 1. The summed E-state index contributed by atoms with van der Waals surface area (Å²) in [7, 11) is 0. The van der Waals surface area contributed by atoms with Crippen molar-refractivity contribution in [3.05, 3.63) is 64.7 Å². The minimum absolute atomic E-state index is 0.0927. The second kappa shape index (κ2) is 9.35. The standard InChI is InChI=1S/C25H30F3N3O/c1-5-11-31-22-10-9-19(13-21(22)17(2)15-24(31,3)4)16-29-30-23(32)14-18-7-6-8-20(12-18)25(26,27)28/h6-10,12-13,16-17H,5,11,14-15H2,1-4H3,(H,30,32)/b29-16+. The second-order valence-corrected chi connectivity index (χ2v) is 9.06. The van der Waals surface area contributed by atoms with Gasteiger partial charge in [-0.1, -0.05) is 38.1 Å². The van der Waals surface area contributed by atoms with Crippen LogP contribution in [0.15, 0.2) is 47.6 Å². The predicted molar refractivity (Wildman–Crippen MR) is 122 cm³/mol. The Kier molecular flexibility index (Phi) is 6.96. The van der Waals surface area contributed by atoms with Crippen molar-refractivity contribution >= 4 is 17.8 Å². The Bertz CT molecular complexity index is 998. The van der Waals surface area contributed by atoms with Crippen LogP contribution in [-0.4, -0.2) is 24.2 Å². The van der Waals surface area contributed by atoms with E-state index < -0.39 is 17.6 Å². The summed E-state index contributed by atoms with van der Waals surface area (Å²) < 4.78 is 38.5. The van der Waals surface area contributed by atoms with Gasteiger partial charge < -0.3 is 4.90 Å². The molecule has 0 bridgehead atoms. The highest BCUT2D eigenvalue weighted by Gasteiger charge is 2.35. The van der Waals surface area contributed by atoms with Gasteiger partial charge in [-0.25, -0.2) is 5.43 Å². The molecule has 0 spiro atoms. The minimum atomic E-state index is -4.43. The lowest BCUT2D eigenvalue weighted by atomic mass is 9.79. The number of nitrogens with one attached hydrogen (secondary N) is 1. The summed E-state index contributed by atoms with van der Waals surface area (Å²) in [4.78, 5) is 14.6. The van der Waals surface area contributed by atoms with Crippen LogP contribution in [0.1, 0.15) is 68.7 Å². The molecule has 1 aliphatic heterocycles. The number of benzene rings is 2. The summed E-state index contributed by atoms with van der Waals surface area (Å²) in [6.07, 6.45) is -0.923. The van der Waals surface area contributed by atoms with Crippen LogP contribution in [0.3, 0.4) is 0 Å². The maximum Gasteiger partial charge on any atom is 0.416 e. The first-order valence-electron chi connectivity index (χ1n) is 10.9. The van der Waals surface area contributed by atoms with E-state index >= 15 is 0 Å². The average Bonchev–Trinajstić information content (AvgIpc) is 2.70. The summed E-state index contributed by atoms with van der Waals surface area (Å²) in [5.41, 5.74) is 5.39. The Balaban J connectivity index is 1.68. The number of carbonyl (C=O) groups is 1. The average molecular weight is 446 g/mol. The van der Waals surface area contributed by atoms with Gasteiger partial charge >= 0.3 is 6.18 Å². The molecular weight excluding hydrogens is 415 g/mol. The zero-order valence-corrected chi connectivity index (χ0v) is 19.0. The van der Waals surface area contributed by atoms with Crippen LogP contribution >= 0.6 is 0 Å². The lowest BCUT2D eigenvalue weighted by Crippen LogP contribution is -2.48. The fraction of sp³-hybridized carbons (Fsp3) is 0.440. The van der Waals surface area contributed by atoms with Gasteiger partial charge in [-0.15, -0.1) is 0 Å². The normalized spacial score (nSPS) is 18.0. The van der Waals surface area contributed by atoms with Crippen molar-refractivity contribution in [3.8, 4) is 0 Å². The van der Waals surface area contributed by atoms with Gasteiger partial charge in [0.05, 0.1) is 18.2 Å². The van der Waals surface area contributed by atoms with Gasteiger partial charge in [0.2, 0.25) is 5.91 Å². The number of hydrogen-bond donors (Lipinski definition) is 1. The zero-order chi connectivity index (χ0) is 23.5.